The molecule has 0 aromatic heterocycles. The molecule has 0 bridgehead atoms. The van der Waals surface area contributed by atoms with Crippen LogP contribution in [0.5, 0.6) is 0 Å². The van der Waals surface area contributed by atoms with E-state index in [9.17, 15) is 4.79 Å². The summed E-state index contributed by atoms with van der Waals surface area (Å²) >= 11 is 0. The summed E-state index contributed by atoms with van der Waals surface area (Å²) in [5.74, 6) is -0.0477. The highest BCUT2D eigenvalue weighted by Crippen LogP contribution is 2.38. The van der Waals surface area contributed by atoms with Crippen molar-refractivity contribution in [3.8, 4) is 0 Å². The first-order valence-corrected chi connectivity index (χ1v) is 7.08. The molecule has 1 saturated carbocycles. The van der Waals surface area contributed by atoms with Crippen LogP contribution in [-0.2, 0) is 9.53 Å². The van der Waals surface area contributed by atoms with Gasteiger partial charge >= 0.3 is 5.97 Å². The minimum absolute atomic E-state index is 0.0418. The summed E-state index contributed by atoms with van der Waals surface area (Å²) in [5, 5.41) is 0. The summed E-state index contributed by atoms with van der Waals surface area (Å²) < 4.78 is 5.28. The van der Waals surface area contributed by atoms with Crippen LogP contribution in [0.15, 0.2) is 0 Å². The standard InChI is InChI=1S/C14H27NO2/c1-2-3-7-10-17-13(16)11-14(12-15)8-5-4-6-9-14/h2-12,15H2,1H3. The highest BCUT2D eigenvalue weighted by Gasteiger charge is 2.33. The molecular weight excluding hydrogens is 214 g/mol. The number of nitrogens with two attached hydrogens (primary N) is 1. The van der Waals surface area contributed by atoms with Gasteiger partial charge in [0.2, 0.25) is 0 Å². The maximum Gasteiger partial charge on any atom is 0.306 e. The van der Waals surface area contributed by atoms with Gasteiger partial charge < -0.3 is 10.5 Å². The highest BCUT2D eigenvalue weighted by molar-refractivity contribution is 5.70. The van der Waals surface area contributed by atoms with Gasteiger partial charge in [-0.05, 0) is 31.2 Å². The first-order valence-electron chi connectivity index (χ1n) is 7.08. The van der Waals surface area contributed by atoms with E-state index >= 15 is 0 Å². The number of ether oxygens (including phenoxy) is 1. The number of hydrogen-bond acceptors (Lipinski definition) is 3. The van der Waals surface area contributed by atoms with Crippen LogP contribution < -0.4 is 5.73 Å². The van der Waals surface area contributed by atoms with Gasteiger partial charge in [0.1, 0.15) is 0 Å². The lowest BCUT2D eigenvalue weighted by molar-refractivity contribution is -0.147. The minimum Gasteiger partial charge on any atom is -0.466 e. The Labute approximate surface area is 105 Å². The van der Waals surface area contributed by atoms with Crippen molar-refractivity contribution in [3.05, 3.63) is 0 Å². The second kappa shape index (κ2) is 7.70. The van der Waals surface area contributed by atoms with Crippen LogP contribution in [0.2, 0.25) is 0 Å². The first kappa shape index (κ1) is 14.5. The Kier molecular flexibility index (Phi) is 6.56. The second-order valence-corrected chi connectivity index (χ2v) is 5.37. The zero-order chi connectivity index (χ0) is 12.6. The lowest BCUT2D eigenvalue weighted by Crippen LogP contribution is -2.35. The smallest absolute Gasteiger partial charge is 0.306 e. The number of hydrogen-bond donors (Lipinski definition) is 1. The van der Waals surface area contributed by atoms with E-state index in [1.54, 1.807) is 0 Å². The molecule has 0 heterocycles. The molecule has 1 fully saturated rings. The quantitative estimate of drug-likeness (QED) is 0.550. The summed E-state index contributed by atoms with van der Waals surface area (Å²) in [6.45, 7) is 3.34. The molecule has 1 aliphatic rings. The third kappa shape index (κ3) is 5.07. The van der Waals surface area contributed by atoms with E-state index < -0.39 is 0 Å². The van der Waals surface area contributed by atoms with Gasteiger partial charge in [-0.3, -0.25) is 4.79 Å². The average Bonchev–Trinajstić information content (AvgIpc) is 2.36. The molecule has 0 spiro atoms. The van der Waals surface area contributed by atoms with Crippen molar-refractivity contribution in [3.63, 3.8) is 0 Å². The third-order valence-electron chi connectivity index (χ3n) is 3.88. The van der Waals surface area contributed by atoms with Crippen LogP contribution in [0.4, 0.5) is 0 Å². The SMILES string of the molecule is CCCCCOC(=O)CC1(CN)CCCCC1. The number of rotatable bonds is 7. The van der Waals surface area contributed by atoms with Crippen molar-refractivity contribution < 1.29 is 9.53 Å². The number of esters is 1. The lowest BCUT2D eigenvalue weighted by atomic mass is 9.72. The lowest BCUT2D eigenvalue weighted by Gasteiger charge is -2.35. The summed E-state index contributed by atoms with van der Waals surface area (Å²) in [7, 11) is 0. The Hall–Kier alpha value is -0.570. The third-order valence-corrected chi connectivity index (χ3v) is 3.88. The summed E-state index contributed by atoms with van der Waals surface area (Å²) in [6, 6.07) is 0. The van der Waals surface area contributed by atoms with Gasteiger partial charge in [0.05, 0.1) is 13.0 Å². The molecule has 3 nitrogen and oxygen atoms in total. The van der Waals surface area contributed by atoms with Crippen LogP contribution in [-0.4, -0.2) is 19.1 Å². The Morgan fingerprint density at radius 2 is 1.94 bits per heavy atom. The van der Waals surface area contributed by atoms with Crippen molar-refractivity contribution >= 4 is 5.97 Å². The maximum atomic E-state index is 11.8. The van der Waals surface area contributed by atoms with E-state index in [0.29, 0.717) is 19.6 Å². The normalized spacial score (nSPS) is 18.9. The number of carbonyl (C=O) groups excluding carboxylic acids is 1. The molecule has 0 unspecified atom stereocenters. The molecule has 0 radical (unpaired) electrons. The van der Waals surface area contributed by atoms with Gasteiger partial charge in [-0.15, -0.1) is 0 Å². The van der Waals surface area contributed by atoms with E-state index in [1.165, 1.54) is 19.3 Å². The van der Waals surface area contributed by atoms with Crippen molar-refractivity contribution in [1.29, 1.82) is 0 Å². The predicted octanol–water partition coefficient (Wildman–Crippen LogP) is 3.02. The summed E-state index contributed by atoms with van der Waals surface area (Å²) in [4.78, 5) is 11.8. The van der Waals surface area contributed by atoms with Gasteiger partial charge in [-0.2, -0.15) is 0 Å². The van der Waals surface area contributed by atoms with Crippen LogP contribution in [0.1, 0.15) is 64.7 Å². The van der Waals surface area contributed by atoms with E-state index in [2.05, 4.69) is 6.92 Å². The van der Waals surface area contributed by atoms with Crippen LogP contribution in [0, 0.1) is 5.41 Å². The Balaban J connectivity index is 2.27. The highest BCUT2D eigenvalue weighted by atomic mass is 16.5. The van der Waals surface area contributed by atoms with Gasteiger partial charge in [-0.25, -0.2) is 0 Å². The van der Waals surface area contributed by atoms with Crippen LogP contribution in [0.25, 0.3) is 0 Å². The Bertz CT molecular complexity index is 222. The minimum atomic E-state index is -0.0477. The van der Waals surface area contributed by atoms with E-state index in [-0.39, 0.29) is 11.4 Å². The molecule has 1 rings (SSSR count). The molecular formula is C14H27NO2. The monoisotopic (exact) mass is 241 g/mol. The predicted molar refractivity (Wildman–Crippen MR) is 69.7 cm³/mol. The Morgan fingerprint density at radius 1 is 1.24 bits per heavy atom. The molecule has 1 aliphatic carbocycles. The fourth-order valence-corrected chi connectivity index (χ4v) is 2.65. The van der Waals surface area contributed by atoms with Gasteiger partial charge in [0.15, 0.2) is 0 Å². The molecule has 0 aromatic rings. The van der Waals surface area contributed by atoms with Gasteiger partial charge in [0.25, 0.3) is 0 Å². The maximum absolute atomic E-state index is 11.8. The Morgan fingerprint density at radius 3 is 2.53 bits per heavy atom. The molecule has 2 N–H and O–H groups in total. The fraction of sp³-hybridized carbons (Fsp3) is 0.929. The molecule has 0 amide bonds. The van der Waals surface area contributed by atoms with Crippen molar-refractivity contribution in [2.45, 2.75) is 64.7 Å². The second-order valence-electron chi connectivity index (χ2n) is 5.37. The first-order chi connectivity index (χ1) is 8.22. The molecule has 100 valence electrons. The van der Waals surface area contributed by atoms with Gasteiger partial charge in [0, 0.05) is 0 Å². The zero-order valence-corrected chi connectivity index (χ0v) is 11.2. The average molecular weight is 241 g/mol. The molecule has 17 heavy (non-hydrogen) atoms. The molecule has 0 saturated heterocycles. The van der Waals surface area contributed by atoms with E-state index in [1.807, 2.05) is 0 Å². The van der Waals surface area contributed by atoms with E-state index in [0.717, 1.165) is 32.1 Å². The summed E-state index contributed by atoms with van der Waals surface area (Å²) in [6.07, 6.45) is 9.68. The zero-order valence-electron chi connectivity index (χ0n) is 11.2. The molecule has 0 atom stereocenters. The number of unbranched alkanes of at least 4 members (excludes halogenated alkanes) is 2. The largest absolute Gasteiger partial charge is 0.466 e. The van der Waals surface area contributed by atoms with Crippen molar-refractivity contribution in [2.24, 2.45) is 11.1 Å². The number of carbonyl (C=O) groups is 1. The van der Waals surface area contributed by atoms with Gasteiger partial charge in [-0.1, -0.05) is 39.0 Å². The van der Waals surface area contributed by atoms with Crippen LogP contribution in [0.3, 0.4) is 0 Å². The topological polar surface area (TPSA) is 52.3 Å². The summed E-state index contributed by atoms with van der Waals surface area (Å²) in [5.41, 5.74) is 5.90. The molecule has 0 aliphatic heterocycles. The van der Waals surface area contributed by atoms with Crippen LogP contribution >= 0.6 is 0 Å². The molecule has 3 heteroatoms. The van der Waals surface area contributed by atoms with Crippen molar-refractivity contribution in [2.75, 3.05) is 13.2 Å². The molecule has 0 aromatic carbocycles. The van der Waals surface area contributed by atoms with E-state index in [4.69, 9.17) is 10.5 Å². The van der Waals surface area contributed by atoms with Crippen molar-refractivity contribution in [1.82, 2.24) is 0 Å². The fourth-order valence-electron chi connectivity index (χ4n) is 2.65.